The summed E-state index contributed by atoms with van der Waals surface area (Å²) in [4.78, 5) is 0. The van der Waals surface area contributed by atoms with E-state index in [0.717, 1.165) is 29.9 Å². The molecule has 0 aromatic rings. The van der Waals surface area contributed by atoms with Crippen molar-refractivity contribution in [1.82, 2.24) is 0 Å². The van der Waals surface area contributed by atoms with Crippen molar-refractivity contribution in [3.05, 3.63) is 17.9 Å². The summed E-state index contributed by atoms with van der Waals surface area (Å²) < 4.78 is 7.68. The average molecular weight is 290 g/mol. The molecule has 0 nitrogen and oxygen atoms in total. The molecular formula is C10H12Se2. The van der Waals surface area contributed by atoms with E-state index in [1.165, 1.54) is 38.5 Å². The van der Waals surface area contributed by atoms with Gasteiger partial charge in [0.05, 0.1) is 0 Å². The molecule has 0 saturated carbocycles. The van der Waals surface area contributed by atoms with Gasteiger partial charge in [-0.1, -0.05) is 0 Å². The average Bonchev–Trinajstić information content (AvgIpc) is 2.64. The molecule has 64 valence electrons. The van der Waals surface area contributed by atoms with Crippen molar-refractivity contribution in [2.45, 2.75) is 38.5 Å². The Hall–Kier alpha value is 0.519. The van der Waals surface area contributed by atoms with Crippen molar-refractivity contribution in [1.29, 1.82) is 0 Å². The molecule has 12 heavy (non-hydrogen) atoms. The molecule has 0 spiro atoms. The first-order valence-corrected chi connectivity index (χ1v) is 8.16. The van der Waals surface area contributed by atoms with Crippen LogP contribution in [0.15, 0.2) is 17.9 Å². The van der Waals surface area contributed by atoms with Crippen molar-refractivity contribution < 1.29 is 0 Å². The Bertz CT molecular complexity index is 232. The first kappa shape index (κ1) is 7.88. The fourth-order valence-electron chi connectivity index (χ4n) is 2.11. The Morgan fingerprint density at radius 1 is 0.583 bits per heavy atom. The molecule has 1 aliphatic heterocycles. The molecule has 0 aromatic heterocycles. The quantitative estimate of drug-likeness (QED) is 0.600. The van der Waals surface area contributed by atoms with Gasteiger partial charge in [-0.15, -0.1) is 0 Å². The van der Waals surface area contributed by atoms with Crippen LogP contribution in [-0.4, -0.2) is 29.9 Å². The van der Waals surface area contributed by atoms with Crippen LogP contribution in [-0.2, 0) is 0 Å². The Labute approximate surface area is 86.2 Å². The molecule has 0 radical (unpaired) electrons. The van der Waals surface area contributed by atoms with Crippen molar-refractivity contribution in [3.8, 4) is 0 Å². The van der Waals surface area contributed by atoms with Crippen molar-refractivity contribution in [3.63, 3.8) is 0 Å². The van der Waals surface area contributed by atoms with E-state index in [-0.39, 0.29) is 0 Å². The Morgan fingerprint density at radius 3 is 1.25 bits per heavy atom. The summed E-state index contributed by atoms with van der Waals surface area (Å²) in [5.41, 5.74) is 0. The zero-order valence-corrected chi connectivity index (χ0v) is 10.5. The Kier molecular flexibility index (Phi) is 1.99. The molecule has 1 heterocycles. The van der Waals surface area contributed by atoms with E-state index in [0.29, 0.717) is 0 Å². The Morgan fingerprint density at radius 2 is 0.917 bits per heavy atom. The van der Waals surface area contributed by atoms with Crippen LogP contribution >= 0.6 is 0 Å². The maximum atomic E-state index is 1.92. The molecule has 0 N–H and O–H groups in total. The second-order valence-electron chi connectivity index (χ2n) is 3.60. The minimum atomic E-state index is 0.831. The zero-order valence-electron chi connectivity index (χ0n) is 7.06. The molecule has 0 aromatic carbocycles. The third-order valence-electron chi connectivity index (χ3n) is 2.73. The van der Waals surface area contributed by atoms with E-state index in [1.807, 2.05) is 17.9 Å². The van der Waals surface area contributed by atoms with Gasteiger partial charge in [0.2, 0.25) is 0 Å². The topological polar surface area (TPSA) is 0 Å². The van der Waals surface area contributed by atoms with Crippen molar-refractivity contribution >= 4 is 29.9 Å². The summed E-state index contributed by atoms with van der Waals surface area (Å²) in [5.74, 6) is 0. The molecule has 0 fully saturated rings. The van der Waals surface area contributed by atoms with Gasteiger partial charge in [-0.3, -0.25) is 0 Å². The van der Waals surface area contributed by atoms with Crippen LogP contribution in [0.2, 0.25) is 0 Å². The second kappa shape index (κ2) is 3.03. The molecule has 0 atom stereocenters. The molecule has 0 unspecified atom stereocenters. The van der Waals surface area contributed by atoms with Crippen LogP contribution in [0.3, 0.4) is 0 Å². The van der Waals surface area contributed by atoms with E-state index in [2.05, 4.69) is 0 Å². The van der Waals surface area contributed by atoms with Crippen LogP contribution in [0.5, 0.6) is 0 Å². The van der Waals surface area contributed by atoms with Gasteiger partial charge >= 0.3 is 86.3 Å². The van der Waals surface area contributed by atoms with Crippen LogP contribution < -0.4 is 0 Å². The van der Waals surface area contributed by atoms with Gasteiger partial charge in [-0.25, -0.2) is 0 Å². The van der Waals surface area contributed by atoms with Gasteiger partial charge in [-0.05, 0) is 0 Å². The first-order chi connectivity index (χ1) is 5.93. The third kappa shape index (κ3) is 1.17. The van der Waals surface area contributed by atoms with E-state index in [4.69, 9.17) is 0 Å². The summed E-state index contributed by atoms with van der Waals surface area (Å²) in [6.07, 6.45) is 8.83. The minimum absolute atomic E-state index is 0.831. The molecule has 0 amide bonds. The number of allylic oxidation sites excluding steroid dienone is 4. The predicted molar refractivity (Wildman–Crippen MR) is 53.3 cm³/mol. The second-order valence-corrected chi connectivity index (χ2v) is 8.60. The number of rotatable bonds is 0. The van der Waals surface area contributed by atoms with E-state index < -0.39 is 0 Å². The maximum absolute atomic E-state index is 1.92. The summed E-state index contributed by atoms with van der Waals surface area (Å²) in [6, 6.07) is 0. The molecule has 3 rings (SSSR count). The zero-order chi connectivity index (χ0) is 7.97. The van der Waals surface area contributed by atoms with Gasteiger partial charge in [0.15, 0.2) is 0 Å². The number of hydrogen-bond acceptors (Lipinski definition) is 0. The van der Waals surface area contributed by atoms with Crippen molar-refractivity contribution in [2.24, 2.45) is 0 Å². The van der Waals surface area contributed by atoms with E-state index in [1.54, 1.807) is 0 Å². The monoisotopic (exact) mass is 292 g/mol. The van der Waals surface area contributed by atoms with Gasteiger partial charge < -0.3 is 0 Å². The van der Waals surface area contributed by atoms with Gasteiger partial charge in [0.25, 0.3) is 0 Å². The fraction of sp³-hybridized carbons (Fsp3) is 0.600. The standard InChI is InChI=1S/C10H12Se2/c1-3-7-8(4-1)12-10-6-2-5-9(10)11-7/h1-6H2. The van der Waals surface area contributed by atoms with Gasteiger partial charge in [-0.2, -0.15) is 0 Å². The normalized spacial score (nSPS) is 28.0. The summed E-state index contributed by atoms with van der Waals surface area (Å²) in [7, 11) is 0. The van der Waals surface area contributed by atoms with E-state index in [9.17, 15) is 0 Å². The molecular weight excluding hydrogens is 278 g/mol. The molecule has 2 heteroatoms. The third-order valence-corrected chi connectivity index (χ3v) is 9.89. The molecule has 3 aliphatic rings. The summed E-state index contributed by atoms with van der Waals surface area (Å²) in [6.45, 7) is 0. The molecule has 0 bridgehead atoms. The SMILES string of the molecule is C1CC2=C(C1)[Se]C1=C(CCC1)[Se]2. The first-order valence-electron chi connectivity index (χ1n) is 4.73. The van der Waals surface area contributed by atoms with Crippen LogP contribution in [0, 0.1) is 0 Å². The molecule has 2 aliphatic carbocycles. The van der Waals surface area contributed by atoms with Crippen molar-refractivity contribution in [2.75, 3.05) is 0 Å². The van der Waals surface area contributed by atoms with Gasteiger partial charge in [0, 0.05) is 0 Å². The molecule has 0 saturated heterocycles. The van der Waals surface area contributed by atoms with Crippen LogP contribution in [0.4, 0.5) is 0 Å². The fourth-order valence-corrected chi connectivity index (χ4v) is 9.05. The van der Waals surface area contributed by atoms with Gasteiger partial charge in [0.1, 0.15) is 0 Å². The van der Waals surface area contributed by atoms with Crippen LogP contribution in [0.1, 0.15) is 38.5 Å². The van der Waals surface area contributed by atoms with E-state index >= 15 is 0 Å². The summed E-state index contributed by atoms with van der Waals surface area (Å²) >= 11 is 1.66. The van der Waals surface area contributed by atoms with Crippen LogP contribution in [0.25, 0.3) is 0 Å². The summed E-state index contributed by atoms with van der Waals surface area (Å²) in [5, 5.41) is 0. The predicted octanol–water partition coefficient (Wildman–Crippen LogP) is 2.20. The number of hydrogen-bond donors (Lipinski definition) is 0. The Balaban J connectivity index is 1.90.